The van der Waals surface area contributed by atoms with Gasteiger partial charge in [-0.3, -0.25) is 9.68 Å². The smallest absolute Gasteiger partial charge is 0.355 e. The lowest BCUT2D eigenvalue weighted by atomic mass is 9.76. The van der Waals surface area contributed by atoms with E-state index in [0.29, 0.717) is 24.5 Å². The normalized spacial score (nSPS) is 18.4. The van der Waals surface area contributed by atoms with Gasteiger partial charge >= 0.3 is 7.48 Å². The van der Waals surface area contributed by atoms with E-state index in [-0.39, 0.29) is 12.6 Å². The lowest BCUT2D eigenvalue weighted by Gasteiger charge is -2.14. The predicted octanol–water partition coefficient (Wildman–Crippen LogP) is 1.49. The molecule has 18 heavy (non-hydrogen) atoms. The number of rotatable bonds is 6. The molecule has 95 valence electrons. The summed E-state index contributed by atoms with van der Waals surface area (Å²) in [4.78, 5) is 20.4. The highest BCUT2D eigenvalue weighted by Gasteiger charge is 2.25. The molecule has 1 fully saturated rings. The SMILES string of the molecule is CCOCOc1cc(C=O)ccc1C1[B]OOC1. The van der Waals surface area contributed by atoms with Crippen molar-refractivity contribution < 1.29 is 24.0 Å². The molecule has 5 nitrogen and oxygen atoms in total. The molecule has 1 radical (unpaired) electrons. The fraction of sp³-hybridized carbons (Fsp3) is 0.417. The minimum Gasteiger partial charge on any atom is -0.467 e. The van der Waals surface area contributed by atoms with E-state index in [1.807, 2.05) is 13.0 Å². The van der Waals surface area contributed by atoms with Crippen LogP contribution in [0.15, 0.2) is 18.2 Å². The van der Waals surface area contributed by atoms with Crippen LogP contribution in [0, 0.1) is 0 Å². The summed E-state index contributed by atoms with van der Waals surface area (Å²) in [5, 5.41) is 0. The second kappa shape index (κ2) is 6.54. The first-order valence-electron chi connectivity index (χ1n) is 5.76. The Morgan fingerprint density at radius 3 is 3.11 bits per heavy atom. The van der Waals surface area contributed by atoms with Gasteiger partial charge in [0.1, 0.15) is 12.0 Å². The zero-order valence-electron chi connectivity index (χ0n) is 10.1. The number of carbonyl (C=O) groups is 1. The molecular formula is C12H14BO5. The molecule has 1 atom stereocenters. The van der Waals surface area contributed by atoms with Crippen molar-refractivity contribution in [3.63, 3.8) is 0 Å². The van der Waals surface area contributed by atoms with E-state index < -0.39 is 0 Å². The Morgan fingerprint density at radius 2 is 2.44 bits per heavy atom. The van der Waals surface area contributed by atoms with Crippen molar-refractivity contribution in [3.8, 4) is 5.75 Å². The predicted molar refractivity (Wildman–Crippen MR) is 64.5 cm³/mol. The average molecular weight is 249 g/mol. The van der Waals surface area contributed by atoms with Crippen LogP contribution in [0.5, 0.6) is 5.75 Å². The lowest BCUT2D eigenvalue weighted by Crippen LogP contribution is -2.10. The molecule has 0 aliphatic carbocycles. The summed E-state index contributed by atoms with van der Waals surface area (Å²) in [6.07, 6.45) is 0.780. The highest BCUT2D eigenvalue weighted by atomic mass is 17.2. The average Bonchev–Trinajstić information content (AvgIpc) is 2.92. The maximum atomic E-state index is 10.8. The third-order valence-electron chi connectivity index (χ3n) is 2.61. The first-order chi connectivity index (χ1) is 8.85. The topological polar surface area (TPSA) is 54.0 Å². The summed E-state index contributed by atoms with van der Waals surface area (Å²) in [6.45, 7) is 3.05. The Labute approximate surface area is 106 Å². The molecule has 0 amide bonds. The van der Waals surface area contributed by atoms with Crippen LogP contribution >= 0.6 is 0 Å². The van der Waals surface area contributed by atoms with Gasteiger partial charge in [-0.15, -0.1) is 0 Å². The van der Waals surface area contributed by atoms with E-state index in [9.17, 15) is 4.79 Å². The zero-order valence-corrected chi connectivity index (χ0v) is 10.1. The van der Waals surface area contributed by atoms with Crippen molar-refractivity contribution in [1.29, 1.82) is 0 Å². The second-order valence-corrected chi connectivity index (χ2v) is 3.79. The van der Waals surface area contributed by atoms with Crippen LogP contribution in [0.1, 0.15) is 28.7 Å². The molecule has 0 bridgehead atoms. The summed E-state index contributed by atoms with van der Waals surface area (Å²) < 4.78 is 10.7. The quantitative estimate of drug-likeness (QED) is 0.251. The van der Waals surface area contributed by atoms with E-state index in [1.54, 1.807) is 19.6 Å². The first-order valence-corrected chi connectivity index (χ1v) is 5.76. The fourth-order valence-corrected chi connectivity index (χ4v) is 1.67. The summed E-state index contributed by atoms with van der Waals surface area (Å²) in [7, 11) is 1.60. The third-order valence-corrected chi connectivity index (χ3v) is 2.61. The molecule has 0 aromatic heterocycles. The van der Waals surface area contributed by atoms with Crippen LogP contribution in [-0.2, 0) is 14.4 Å². The van der Waals surface area contributed by atoms with E-state index in [2.05, 4.69) is 0 Å². The van der Waals surface area contributed by atoms with Gasteiger partial charge in [-0.1, -0.05) is 12.1 Å². The van der Waals surface area contributed by atoms with E-state index in [1.165, 1.54) is 0 Å². The number of carbonyl (C=O) groups excluding carboxylic acids is 1. The molecule has 1 unspecified atom stereocenters. The first kappa shape index (κ1) is 13.1. The number of hydrogen-bond acceptors (Lipinski definition) is 5. The van der Waals surface area contributed by atoms with Crippen LogP contribution < -0.4 is 4.74 Å². The van der Waals surface area contributed by atoms with Crippen molar-refractivity contribution in [3.05, 3.63) is 29.3 Å². The molecule has 6 heteroatoms. The van der Waals surface area contributed by atoms with Crippen LogP contribution in [-0.4, -0.2) is 33.8 Å². The Hall–Kier alpha value is -1.37. The lowest BCUT2D eigenvalue weighted by molar-refractivity contribution is -0.183. The Morgan fingerprint density at radius 1 is 1.56 bits per heavy atom. The van der Waals surface area contributed by atoms with Gasteiger partial charge in [-0.05, 0) is 18.6 Å². The van der Waals surface area contributed by atoms with Crippen molar-refractivity contribution in [2.45, 2.75) is 12.7 Å². The molecule has 1 aromatic carbocycles. The number of hydrogen-bond donors (Lipinski definition) is 0. The van der Waals surface area contributed by atoms with Crippen LogP contribution in [0.2, 0.25) is 0 Å². The maximum Gasteiger partial charge on any atom is 0.355 e. The molecule has 2 rings (SSSR count). The molecule has 0 saturated carbocycles. The minimum atomic E-state index is 0.00216. The van der Waals surface area contributed by atoms with Gasteiger partial charge in [0.2, 0.25) is 0 Å². The molecule has 1 heterocycles. The molecular weight excluding hydrogens is 235 g/mol. The number of benzene rings is 1. The Balaban J connectivity index is 2.17. The molecule has 0 spiro atoms. The third kappa shape index (κ3) is 3.10. The van der Waals surface area contributed by atoms with Gasteiger partial charge in [0.15, 0.2) is 6.79 Å². The van der Waals surface area contributed by atoms with E-state index >= 15 is 0 Å². The van der Waals surface area contributed by atoms with Gasteiger partial charge in [0.05, 0.1) is 6.61 Å². The summed E-state index contributed by atoms with van der Waals surface area (Å²) in [5.74, 6) is 0.616. The van der Waals surface area contributed by atoms with E-state index in [0.717, 1.165) is 11.8 Å². The van der Waals surface area contributed by atoms with Gasteiger partial charge in [-0.25, -0.2) is 0 Å². The number of ether oxygens (including phenoxy) is 2. The van der Waals surface area contributed by atoms with Crippen LogP contribution in [0.4, 0.5) is 0 Å². The standard InChI is InChI=1S/C12H14BO5/c1-2-15-8-16-12-5-9(6-14)3-4-10(12)11-7-17-18-13-11/h3-6,11H,2,7-8H2,1H3. The fourth-order valence-electron chi connectivity index (χ4n) is 1.67. The summed E-state index contributed by atoms with van der Waals surface area (Å²) in [5.41, 5.74) is 1.47. The second-order valence-electron chi connectivity index (χ2n) is 3.79. The molecule has 1 saturated heterocycles. The zero-order chi connectivity index (χ0) is 12.8. The molecule has 1 aromatic rings. The van der Waals surface area contributed by atoms with Crippen LogP contribution in [0.3, 0.4) is 0 Å². The van der Waals surface area contributed by atoms with E-state index in [4.69, 9.17) is 19.2 Å². The summed E-state index contributed by atoms with van der Waals surface area (Å²) in [6, 6.07) is 5.26. The van der Waals surface area contributed by atoms with Gasteiger partial charge in [-0.2, -0.15) is 0 Å². The Kier molecular flexibility index (Phi) is 4.75. The van der Waals surface area contributed by atoms with Gasteiger partial charge in [0, 0.05) is 18.0 Å². The largest absolute Gasteiger partial charge is 0.467 e. The van der Waals surface area contributed by atoms with Gasteiger partial charge < -0.3 is 14.3 Å². The highest BCUT2D eigenvalue weighted by molar-refractivity contribution is 6.30. The highest BCUT2D eigenvalue weighted by Crippen LogP contribution is 2.30. The van der Waals surface area contributed by atoms with Crippen molar-refractivity contribution in [2.75, 3.05) is 20.0 Å². The summed E-state index contributed by atoms with van der Waals surface area (Å²) >= 11 is 0. The monoisotopic (exact) mass is 249 g/mol. The van der Waals surface area contributed by atoms with Gasteiger partial charge in [0.25, 0.3) is 0 Å². The number of aldehydes is 1. The van der Waals surface area contributed by atoms with Crippen molar-refractivity contribution in [2.24, 2.45) is 0 Å². The Bertz CT molecular complexity index is 403. The molecule has 1 aliphatic rings. The minimum absolute atomic E-state index is 0.00216. The van der Waals surface area contributed by atoms with Crippen molar-refractivity contribution in [1.82, 2.24) is 0 Å². The maximum absolute atomic E-state index is 10.8. The molecule has 1 aliphatic heterocycles. The van der Waals surface area contributed by atoms with Crippen molar-refractivity contribution >= 4 is 13.8 Å². The van der Waals surface area contributed by atoms with Crippen LogP contribution in [0.25, 0.3) is 0 Å². The molecule has 0 N–H and O–H groups in total.